The molecule has 3 amide bonds. The van der Waals surface area contributed by atoms with Crippen molar-refractivity contribution in [2.24, 2.45) is 5.92 Å². The number of carbonyl (C=O) groups excluding carboxylic acids is 4. The standard InChI is InChI=1S/C24H30F3N3O7/c1-4-35-23-15(12-18(31)36-23)28-21(33)16-9-7-11-30(16)22(34)19(13(2)3)29-20(32)14-8-5-6-10-17(14)37-24(25,26)27/h5-6,8,10,13,15-16,19,23H,4,7,9,11-12H2,1-3H3,(H,28,33)(H,29,32)/t15?,16-,19-,23+/m0/s1. The number of nitrogens with zero attached hydrogens (tertiary/aromatic N) is 1. The van der Waals surface area contributed by atoms with Gasteiger partial charge in [0.25, 0.3) is 5.91 Å². The van der Waals surface area contributed by atoms with Gasteiger partial charge < -0.3 is 29.7 Å². The lowest BCUT2D eigenvalue weighted by atomic mass is 10.0. The zero-order valence-corrected chi connectivity index (χ0v) is 20.7. The van der Waals surface area contributed by atoms with E-state index < -0.39 is 66.1 Å². The molecule has 2 N–H and O–H groups in total. The maximum atomic E-state index is 13.5. The summed E-state index contributed by atoms with van der Waals surface area (Å²) in [5, 5.41) is 5.22. The Morgan fingerprint density at radius 1 is 1.22 bits per heavy atom. The summed E-state index contributed by atoms with van der Waals surface area (Å²) in [4.78, 5) is 52.4. The molecule has 4 atom stereocenters. The van der Waals surface area contributed by atoms with Gasteiger partial charge in [0.15, 0.2) is 0 Å². The minimum absolute atomic E-state index is 0.0683. The summed E-state index contributed by atoms with van der Waals surface area (Å²) in [6, 6.07) is 2.14. The Hall–Kier alpha value is -3.35. The second kappa shape index (κ2) is 11.8. The first-order valence-electron chi connectivity index (χ1n) is 12.0. The number of esters is 1. The van der Waals surface area contributed by atoms with Crippen LogP contribution in [0.5, 0.6) is 5.75 Å². The molecule has 1 unspecified atom stereocenters. The molecule has 0 spiro atoms. The van der Waals surface area contributed by atoms with Crippen LogP contribution in [0.4, 0.5) is 13.2 Å². The third kappa shape index (κ3) is 7.12. The first-order valence-corrected chi connectivity index (χ1v) is 12.0. The predicted octanol–water partition coefficient (Wildman–Crippen LogP) is 2.12. The number of likely N-dealkylation sites (tertiary alicyclic amines) is 1. The van der Waals surface area contributed by atoms with Crippen LogP contribution in [0.1, 0.15) is 50.4 Å². The van der Waals surface area contributed by atoms with Crippen molar-refractivity contribution in [3.8, 4) is 5.75 Å². The molecule has 0 bridgehead atoms. The molecule has 13 heteroatoms. The Balaban J connectivity index is 1.72. The van der Waals surface area contributed by atoms with Crippen molar-refractivity contribution < 1.29 is 46.6 Å². The summed E-state index contributed by atoms with van der Waals surface area (Å²) in [5.41, 5.74) is -0.387. The number of hydrogen-bond donors (Lipinski definition) is 2. The van der Waals surface area contributed by atoms with Gasteiger partial charge in [0.1, 0.15) is 23.9 Å². The molecule has 10 nitrogen and oxygen atoms in total. The zero-order chi connectivity index (χ0) is 27.3. The van der Waals surface area contributed by atoms with E-state index in [9.17, 15) is 32.3 Å². The van der Waals surface area contributed by atoms with Gasteiger partial charge in [0, 0.05) is 13.2 Å². The summed E-state index contributed by atoms with van der Waals surface area (Å²) in [5.74, 6) is -3.61. The van der Waals surface area contributed by atoms with E-state index in [0.717, 1.165) is 12.1 Å². The molecule has 2 fully saturated rings. The van der Waals surface area contributed by atoms with Crippen LogP contribution in [0.25, 0.3) is 0 Å². The van der Waals surface area contributed by atoms with E-state index in [1.165, 1.54) is 17.0 Å². The Morgan fingerprint density at radius 3 is 2.57 bits per heavy atom. The zero-order valence-electron chi connectivity index (χ0n) is 20.7. The lowest BCUT2D eigenvalue weighted by molar-refractivity contribution is -0.274. The van der Waals surface area contributed by atoms with Gasteiger partial charge in [-0.3, -0.25) is 19.2 Å². The molecule has 0 aliphatic carbocycles. The number of halogens is 3. The Labute approximate surface area is 211 Å². The van der Waals surface area contributed by atoms with Gasteiger partial charge in [-0.25, -0.2) is 0 Å². The van der Waals surface area contributed by atoms with Crippen LogP contribution in [0.3, 0.4) is 0 Å². The molecule has 1 aromatic carbocycles. The molecule has 37 heavy (non-hydrogen) atoms. The minimum Gasteiger partial charge on any atom is -0.433 e. The molecule has 3 rings (SSSR count). The van der Waals surface area contributed by atoms with Gasteiger partial charge in [-0.05, 0) is 37.8 Å². The third-order valence-corrected chi connectivity index (χ3v) is 6.04. The number of carbonyl (C=O) groups is 4. The van der Waals surface area contributed by atoms with Crippen LogP contribution in [0.2, 0.25) is 0 Å². The number of nitrogens with one attached hydrogen (secondary N) is 2. The SMILES string of the molecule is CCO[C@@H]1OC(=O)CC1NC(=O)[C@@H]1CCCN1C(=O)[C@@H](NC(=O)c1ccccc1OC(F)(F)F)C(C)C. The van der Waals surface area contributed by atoms with E-state index in [0.29, 0.717) is 12.8 Å². The summed E-state index contributed by atoms with van der Waals surface area (Å²) in [7, 11) is 0. The van der Waals surface area contributed by atoms with Gasteiger partial charge in [0.2, 0.25) is 18.1 Å². The largest absolute Gasteiger partial charge is 0.573 e. The smallest absolute Gasteiger partial charge is 0.433 e. The highest BCUT2D eigenvalue weighted by molar-refractivity contribution is 6.00. The lowest BCUT2D eigenvalue weighted by Gasteiger charge is -2.31. The van der Waals surface area contributed by atoms with Gasteiger partial charge in [0.05, 0.1) is 12.0 Å². The highest BCUT2D eigenvalue weighted by Gasteiger charge is 2.42. The van der Waals surface area contributed by atoms with Crippen molar-refractivity contribution in [2.45, 2.75) is 70.8 Å². The van der Waals surface area contributed by atoms with Crippen LogP contribution in [-0.4, -0.2) is 72.5 Å². The summed E-state index contributed by atoms with van der Waals surface area (Å²) in [6.45, 7) is 5.57. The van der Waals surface area contributed by atoms with Crippen LogP contribution < -0.4 is 15.4 Å². The third-order valence-electron chi connectivity index (χ3n) is 6.04. The second-order valence-corrected chi connectivity index (χ2v) is 9.06. The number of alkyl halides is 3. The lowest BCUT2D eigenvalue weighted by Crippen LogP contribution is -2.56. The second-order valence-electron chi connectivity index (χ2n) is 9.06. The Kier molecular flexibility index (Phi) is 9.00. The van der Waals surface area contributed by atoms with E-state index in [-0.39, 0.29) is 25.1 Å². The number of benzene rings is 1. The van der Waals surface area contributed by atoms with Crippen LogP contribution >= 0.6 is 0 Å². The van der Waals surface area contributed by atoms with E-state index >= 15 is 0 Å². The molecule has 1 aromatic rings. The fourth-order valence-electron chi connectivity index (χ4n) is 4.33. The highest BCUT2D eigenvalue weighted by Crippen LogP contribution is 2.27. The first-order chi connectivity index (χ1) is 17.4. The van der Waals surface area contributed by atoms with Crippen LogP contribution in [0, 0.1) is 5.92 Å². The maximum absolute atomic E-state index is 13.5. The van der Waals surface area contributed by atoms with E-state index in [4.69, 9.17) is 9.47 Å². The number of ether oxygens (including phenoxy) is 3. The number of para-hydroxylation sites is 1. The molecule has 2 saturated heterocycles. The first kappa shape index (κ1) is 28.2. The molecule has 204 valence electrons. The minimum atomic E-state index is -5.00. The van der Waals surface area contributed by atoms with Crippen molar-refractivity contribution >= 4 is 23.7 Å². The molecule has 2 aliphatic heterocycles. The normalized spacial score (nSPS) is 22.5. The van der Waals surface area contributed by atoms with Crippen molar-refractivity contribution in [3.63, 3.8) is 0 Å². The average Bonchev–Trinajstić information content (AvgIpc) is 3.43. The molecule has 0 aromatic heterocycles. The fraction of sp³-hybridized carbons (Fsp3) is 0.583. The molecule has 0 saturated carbocycles. The van der Waals surface area contributed by atoms with Gasteiger partial charge in [-0.1, -0.05) is 26.0 Å². The summed E-state index contributed by atoms with van der Waals surface area (Å²) in [6.07, 6.45) is -5.11. The van der Waals surface area contributed by atoms with Crippen molar-refractivity contribution in [1.82, 2.24) is 15.5 Å². The highest BCUT2D eigenvalue weighted by atomic mass is 19.4. The summed E-state index contributed by atoms with van der Waals surface area (Å²) < 4.78 is 52.7. The fourth-order valence-corrected chi connectivity index (χ4v) is 4.33. The van der Waals surface area contributed by atoms with Gasteiger partial charge >= 0.3 is 12.3 Å². The number of amides is 3. The van der Waals surface area contributed by atoms with Crippen LogP contribution in [0.15, 0.2) is 24.3 Å². The Morgan fingerprint density at radius 2 is 1.92 bits per heavy atom. The molecule has 2 aliphatic rings. The molecular formula is C24H30F3N3O7. The summed E-state index contributed by atoms with van der Waals surface area (Å²) >= 11 is 0. The Bertz CT molecular complexity index is 1020. The molecule has 0 radical (unpaired) electrons. The van der Waals surface area contributed by atoms with Gasteiger partial charge in [-0.15, -0.1) is 13.2 Å². The number of rotatable bonds is 9. The van der Waals surface area contributed by atoms with Gasteiger partial charge in [-0.2, -0.15) is 0 Å². The average molecular weight is 530 g/mol. The molecular weight excluding hydrogens is 499 g/mol. The van der Waals surface area contributed by atoms with Crippen LogP contribution in [-0.2, 0) is 23.9 Å². The number of hydrogen-bond acceptors (Lipinski definition) is 7. The van der Waals surface area contributed by atoms with Crippen molar-refractivity contribution in [3.05, 3.63) is 29.8 Å². The van der Waals surface area contributed by atoms with E-state index in [1.807, 2.05) is 0 Å². The van der Waals surface area contributed by atoms with E-state index in [2.05, 4.69) is 15.4 Å². The monoisotopic (exact) mass is 529 g/mol. The number of cyclic esters (lactones) is 1. The van der Waals surface area contributed by atoms with E-state index in [1.54, 1.807) is 20.8 Å². The van der Waals surface area contributed by atoms with Crippen molar-refractivity contribution in [2.75, 3.05) is 13.2 Å². The predicted molar refractivity (Wildman–Crippen MR) is 122 cm³/mol. The van der Waals surface area contributed by atoms with Crippen molar-refractivity contribution in [1.29, 1.82) is 0 Å². The maximum Gasteiger partial charge on any atom is 0.573 e. The topological polar surface area (TPSA) is 123 Å². The quantitative estimate of drug-likeness (QED) is 0.470. The molecule has 2 heterocycles.